The quantitative estimate of drug-likeness (QED) is 0.537. The van der Waals surface area contributed by atoms with Crippen LogP contribution in [0.5, 0.6) is 0 Å². The third-order valence-corrected chi connectivity index (χ3v) is 5.40. The van der Waals surface area contributed by atoms with Gasteiger partial charge in [0.15, 0.2) is 0 Å². The number of allylic oxidation sites excluding steroid dienone is 2. The van der Waals surface area contributed by atoms with Crippen LogP contribution in [0.3, 0.4) is 0 Å². The minimum Gasteiger partial charge on any atom is -0.349 e. The first-order chi connectivity index (χ1) is 12.8. The van der Waals surface area contributed by atoms with Gasteiger partial charge < -0.3 is 9.97 Å². The first kappa shape index (κ1) is 17.5. The van der Waals surface area contributed by atoms with Crippen LogP contribution in [0.1, 0.15) is 27.2 Å². The molecule has 0 saturated carbocycles. The number of nitrogens with one attached hydrogen (secondary N) is 2. The van der Waals surface area contributed by atoms with Gasteiger partial charge >= 0.3 is 11.2 Å². The van der Waals surface area contributed by atoms with Gasteiger partial charge in [-0.2, -0.15) is 5.10 Å². The van der Waals surface area contributed by atoms with E-state index in [4.69, 9.17) is 0 Å². The Bertz CT molecular complexity index is 1210. The van der Waals surface area contributed by atoms with Gasteiger partial charge in [-0.05, 0) is 43.4 Å². The number of fused-ring (bicyclic) bond motifs is 3. The Hall–Kier alpha value is -2.96. The Morgan fingerprint density at radius 2 is 2.00 bits per heavy atom. The average molecular weight is 368 g/mol. The van der Waals surface area contributed by atoms with Crippen molar-refractivity contribution < 1.29 is 4.39 Å². The van der Waals surface area contributed by atoms with Gasteiger partial charge in [0.25, 0.3) is 0 Å². The first-order valence-electron chi connectivity index (χ1n) is 9.03. The molecule has 3 aromatic rings. The summed E-state index contributed by atoms with van der Waals surface area (Å²) in [7, 11) is 0. The van der Waals surface area contributed by atoms with Crippen LogP contribution < -0.4 is 11.2 Å². The maximum absolute atomic E-state index is 13.5. The summed E-state index contributed by atoms with van der Waals surface area (Å²) in [5.41, 5.74) is 1.23. The summed E-state index contributed by atoms with van der Waals surface area (Å²) in [6.07, 6.45) is 4.88. The number of aromatic amines is 2. The van der Waals surface area contributed by atoms with Crippen molar-refractivity contribution in [1.29, 1.82) is 0 Å². The molecule has 0 bridgehead atoms. The zero-order chi connectivity index (χ0) is 19.3. The van der Waals surface area contributed by atoms with Crippen molar-refractivity contribution in [2.45, 2.75) is 27.2 Å². The molecule has 1 aliphatic rings. The highest BCUT2D eigenvalue weighted by Crippen LogP contribution is 2.32. The summed E-state index contributed by atoms with van der Waals surface area (Å²) in [5, 5.41) is 4.67. The van der Waals surface area contributed by atoms with Crippen molar-refractivity contribution in [2.24, 2.45) is 22.9 Å². The number of rotatable bonds is 2. The van der Waals surface area contributed by atoms with Crippen LogP contribution in [0, 0.1) is 23.6 Å². The smallest absolute Gasteiger partial charge is 0.349 e. The fourth-order valence-corrected chi connectivity index (χ4v) is 4.13. The highest BCUT2D eigenvalue weighted by atomic mass is 19.1. The van der Waals surface area contributed by atoms with E-state index in [9.17, 15) is 14.0 Å². The van der Waals surface area contributed by atoms with Gasteiger partial charge in [0.2, 0.25) is 0 Å². The molecule has 1 aromatic carbocycles. The van der Waals surface area contributed by atoms with Gasteiger partial charge in [0, 0.05) is 23.0 Å². The van der Waals surface area contributed by atoms with Crippen LogP contribution in [0.2, 0.25) is 0 Å². The normalized spacial score (nSPS) is 23.4. The van der Waals surface area contributed by atoms with E-state index in [0.717, 1.165) is 11.1 Å². The van der Waals surface area contributed by atoms with Crippen LogP contribution >= 0.6 is 0 Å². The highest BCUT2D eigenvalue weighted by Gasteiger charge is 2.25. The molecule has 3 atom stereocenters. The molecular weight excluding hydrogens is 347 g/mol. The zero-order valence-electron chi connectivity index (χ0n) is 15.4. The van der Waals surface area contributed by atoms with Crippen molar-refractivity contribution in [3.8, 4) is 0 Å². The van der Waals surface area contributed by atoms with Gasteiger partial charge in [-0.3, -0.25) is 4.79 Å². The number of nitrogens with zero attached hydrogens (tertiary/aromatic N) is 2. The third-order valence-electron chi connectivity index (χ3n) is 5.40. The standard InChI is InChI=1S/C20H21FN4O2/c1-10-6-11(2)15(12(3)7-10)9-22-25-19(26)18-17(24-20(25)27)14-8-13(21)4-5-16(14)23-18/h4-6,8-9,11-12,15,23H,7H2,1-3H3,(H,24,27). The van der Waals surface area contributed by atoms with E-state index < -0.39 is 17.1 Å². The van der Waals surface area contributed by atoms with Gasteiger partial charge in [-0.15, -0.1) is 4.68 Å². The van der Waals surface area contributed by atoms with Crippen LogP contribution in [0.25, 0.3) is 21.9 Å². The summed E-state index contributed by atoms with van der Waals surface area (Å²) >= 11 is 0. The lowest BCUT2D eigenvalue weighted by Crippen LogP contribution is -2.33. The second-order valence-electron chi connectivity index (χ2n) is 7.51. The molecule has 0 amide bonds. The Labute approximate surface area is 154 Å². The average Bonchev–Trinajstić information content (AvgIpc) is 2.94. The topological polar surface area (TPSA) is 83.0 Å². The van der Waals surface area contributed by atoms with Crippen LogP contribution in [0.15, 0.2) is 44.5 Å². The molecule has 0 saturated heterocycles. The van der Waals surface area contributed by atoms with E-state index >= 15 is 0 Å². The molecule has 4 rings (SSSR count). The number of aromatic nitrogens is 3. The zero-order valence-corrected chi connectivity index (χ0v) is 15.4. The minimum absolute atomic E-state index is 0.146. The second-order valence-corrected chi connectivity index (χ2v) is 7.51. The molecule has 0 radical (unpaired) electrons. The fraction of sp³-hybridized carbons (Fsp3) is 0.350. The Kier molecular flexibility index (Phi) is 4.09. The largest absolute Gasteiger partial charge is 0.350 e. The molecule has 7 heteroatoms. The molecular formula is C20H21FN4O2. The molecule has 140 valence electrons. The SMILES string of the molecule is CC1=CC(C)C(C=Nn2c(=O)[nH]c3c([nH]c4ccc(F)cc43)c2=O)C(C)C1. The molecule has 27 heavy (non-hydrogen) atoms. The van der Waals surface area contributed by atoms with Crippen molar-refractivity contribution in [2.75, 3.05) is 0 Å². The van der Waals surface area contributed by atoms with E-state index in [0.29, 0.717) is 22.3 Å². The summed E-state index contributed by atoms with van der Waals surface area (Å²) in [6, 6.07) is 4.13. The molecule has 6 nitrogen and oxygen atoms in total. The number of hydrogen-bond donors (Lipinski definition) is 2. The van der Waals surface area contributed by atoms with Crippen molar-refractivity contribution in [1.82, 2.24) is 14.6 Å². The summed E-state index contributed by atoms with van der Waals surface area (Å²) in [5.74, 6) is 0.373. The lowest BCUT2D eigenvalue weighted by atomic mass is 9.76. The maximum Gasteiger partial charge on any atom is 0.350 e. The first-order valence-corrected chi connectivity index (χ1v) is 9.03. The van der Waals surface area contributed by atoms with Gasteiger partial charge in [-0.25, -0.2) is 9.18 Å². The van der Waals surface area contributed by atoms with Crippen LogP contribution in [-0.4, -0.2) is 20.9 Å². The van der Waals surface area contributed by atoms with Crippen LogP contribution in [-0.2, 0) is 0 Å². The lowest BCUT2D eigenvalue weighted by Gasteiger charge is -2.29. The summed E-state index contributed by atoms with van der Waals surface area (Å²) in [4.78, 5) is 30.8. The van der Waals surface area contributed by atoms with E-state index in [1.165, 1.54) is 23.8 Å². The Balaban J connectivity index is 1.82. The van der Waals surface area contributed by atoms with Crippen molar-refractivity contribution >= 4 is 28.2 Å². The number of benzene rings is 1. The number of hydrogen-bond acceptors (Lipinski definition) is 3. The predicted octanol–water partition coefficient (Wildman–Crippen LogP) is 3.38. The van der Waals surface area contributed by atoms with Crippen LogP contribution in [0.4, 0.5) is 4.39 Å². The maximum atomic E-state index is 13.5. The molecule has 0 aliphatic heterocycles. The second kappa shape index (κ2) is 6.33. The predicted molar refractivity (Wildman–Crippen MR) is 105 cm³/mol. The Morgan fingerprint density at radius 3 is 2.74 bits per heavy atom. The molecule has 3 unspecified atom stereocenters. The molecule has 2 aromatic heterocycles. The highest BCUT2D eigenvalue weighted by molar-refractivity contribution is 6.04. The van der Waals surface area contributed by atoms with E-state index in [-0.39, 0.29) is 17.4 Å². The molecule has 2 N–H and O–H groups in total. The number of H-pyrrole nitrogens is 2. The van der Waals surface area contributed by atoms with E-state index in [1.807, 2.05) is 0 Å². The monoisotopic (exact) mass is 368 g/mol. The van der Waals surface area contributed by atoms with Gasteiger partial charge in [0.05, 0.1) is 5.52 Å². The lowest BCUT2D eigenvalue weighted by molar-refractivity contribution is 0.361. The molecule has 1 aliphatic carbocycles. The summed E-state index contributed by atoms with van der Waals surface area (Å²) < 4.78 is 14.4. The molecule has 2 heterocycles. The fourth-order valence-electron chi connectivity index (χ4n) is 4.13. The van der Waals surface area contributed by atoms with Crippen molar-refractivity contribution in [3.63, 3.8) is 0 Å². The molecule has 0 spiro atoms. The van der Waals surface area contributed by atoms with Crippen molar-refractivity contribution in [3.05, 3.63) is 56.5 Å². The summed E-state index contributed by atoms with van der Waals surface area (Å²) in [6.45, 7) is 6.37. The number of halogens is 1. The van der Waals surface area contributed by atoms with E-state index in [1.54, 1.807) is 6.21 Å². The van der Waals surface area contributed by atoms with Gasteiger partial charge in [0.1, 0.15) is 11.3 Å². The van der Waals surface area contributed by atoms with Gasteiger partial charge in [-0.1, -0.05) is 25.5 Å². The third kappa shape index (κ3) is 2.93. The van der Waals surface area contributed by atoms with E-state index in [2.05, 4.69) is 41.9 Å². The Morgan fingerprint density at radius 1 is 1.22 bits per heavy atom. The minimum atomic E-state index is -0.642. The molecule has 0 fully saturated rings.